The second-order valence-corrected chi connectivity index (χ2v) is 4.41. The van der Waals surface area contributed by atoms with Gasteiger partial charge in [-0.25, -0.2) is 0 Å². The van der Waals surface area contributed by atoms with Crippen molar-refractivity contribution in [3.63, 3.8) is 0 Å². The number of nitrogens with zero attached hydrogens (tertiary/aromatic N) is 1. The van der Waals surface area contributed by atoms with Crippen molar-refractivity contribution in [2.45, 2.75) is 20.0 Å². The Kier molecular flexibility index (Phi) is 5.92. The molecular weight excluding hydrogens is 262 g/mol. The van der Waals surface area contributed by atoms with Crippen LogP contribution in [0.3, 0.4) is 0 Å². The van der Waals surface area contributed by atoms with Crippen molar-refractivity contribution in [2.75, 3.05) is 25.5 Å². The molecular formula is C13H19N3O4. The van der Waals surface area contributed by atoms with Crippen molar-refractivity contribution in [1.29, 1.82) is 0 Å². The van der Waals surface area contributed by atoms with Crippen LogP contribution in [0.15, 0.2) is 18.2 Å². The lowest BCUT2D eigenvalue weighted by Crippen LogP contribution is -2.18. The van der Waals surface area contributed by atoms with Gasteiger partial charge in [-0.1, -0.05) is 0 Å². The van der Waals surface area contributed by atoms with E-state index in [-0.39, 0.29) is 17.7 Å². The molecule has 0 radical (unpaired) electrons. The van der Waals surface area contributed by atoms with E-state index in [1.807, 2.05) is 13.8 Å². The molecule has 1 aromatic rings. The predicted molar refractivity (Wildman–Crippen MR) is 76.1 cm³/mol. The number of nitro benzene ring substituents is 1. The van der Waals surface area contributed by atoms with Crippen molar-refractivity contribution in [1.82, 2.24) is 5.32 Å². The lowest BCUT2D eigenvalue weighted by molar-refractivity contribution is -0.384. The molecule has 0 fully saturated rings. The zero-order valence-corrected chi connectivity index (χ0v) is 11.8. The normalized spacial score (nSPS) is 10.4. The molecule has 0 bridgehead atoms. The fourth-order valence-corrected chi connectivity index (χ4v) is 1.60. The molecule has 0 unspecified atom stereocenters. The van der Waals surface area contributed by atoms with E-state index >= 15 is 0 Å². The van der Waals surface area contributed by atoms with Crippen LogP contribution >= 0.6 is 0 Å². The summed E-state index contributed by atoms with van der Waals surface area (Å²) in [6.07, 6.45) is 0.101. The Bertz CT molecular complexity index is 489. The molecule has 0 aromatic heterocycles. The molecule has 110 valence electrons. The first-order chi connectivity index (χ1) is 9.45. The van der Waals surface area contributed by atoms with E-state index in [4.69, 9.17) is 4.74 Å². The topological polar surface area (TPSA) is 93.5 Å². The van der Waals surface area contributed by atoms with Crippen LogP contribution in [0.1, 0.15) is 24.2 Å². The molecule has 7 heteroatoms. The molecule has 1 amide bonds. The molecule has 1 rings (SSSR count). The van der Waals surface area contributed by atoms with Crippen molar-refractivity contribution < 1.29 is 14.5 Å². The predicted octanol–water partition coefficient (Wildman–Crippen LogP) is 1.79. The van der Waals surface area contributed by atoms with E-state index in [2.05, 4.69) is 10.6 Å². The number of anilines is 1. The van der Waals surface area contributed by atoms with Gasteiger partial charge >= 0.3 is 0 Å². The number of amides is 1. The van der Waals surface area contributed by atoms with E-state index in [0.717, 1.165) is 0 Å². The maximum atomic E-state index is 11.5. The van der Waals surface area contributed by atoms with Crippen LogP contribution < -0.4 is 10.6 Å². The standard InChI is InChI=1S/C13H19N3O4/c1-9(2)20-7-6-15-11-8-10(13(17)14-3)4-5-12(11)16(18)19/h4-5,8-9,15H,6-7H2,1-3H3,(H,14,17). The molecule has 7 nitrogen and oxygen atoms in total. The smallest absolute Gasteiger partial charge is 0.292 e. The fourth-order valence-electron chi connectivity index (χ4n) is 1.60. The summed E-state index contributed by atoms with van der Waals surface area (Å²) >= 11 is 0. The SMILES string of the molecule is CNC(=O)c1ccc([N+](=O)[O-])c(NCCOC(C)C)c1. The highest BCUT2D eigenvalue weighted by molar-refractivity contribution is 5.95. The van der Waals surface area contributed by atoms with Gasteiger partial charge in [-0.2, -0.15) is 0 Å². The van der Waals surface area contributed by atoms with Crippen molar-refractivity contribution in [3.8, 4) is 0 Å². The maximum Gasteiger partial charge on any atom is 0.292 e. The number of carbonyl (C=O) groups excluding carboxylic acids is 1. The second-order valence-electron chi connectivity index (χ2n) is 4.41. The van der Waals surface area contributed by atoms with Crippen LogP contribution in [-0.4, -0.2) is 37.1 Å². The number of hydrogen-bond donors (Lipinski definition) is 2. The largest absolute Gasteiger partial charge is 0.377 e. The van der Waals surface area contributed by atoms with E-state index < -0.39 is 4.92 Å². The number of hydrogen-bond acceptors (Lipinski definition) is 5. The zero-order chi connectivity index (χ0) is 15.1. The monoisotopic (exact) mass is 281 g/mol. The number of rotatable bonds is 7. The molecule has 2 N–H and O–H groups in total. The van der Waals surface area contributed by atoms with E-state index in [9.17, 15) is 14.9 Å². The minimum absolute atomic E-state index is 0.0674. The Morgan fingerprint density at radius 1 is 1.45 bits per heavy atom. The van der Waals surface area contributed by atoms with Crippen LogP contribution in [-0.2, 0) is 4.74 Å². The lowest BCUT2D eigenvalue weighted by atomic mass is 10.1. The van der Waals surface area contributed by atoms with Gasteiger partial charge in [-0.3, -0.25) is 14.9 Å². The van der Waals surface area contributed by atoms with E-state index in [0.29, 0.717) is 24.4 Å². The van der Waals surface area contributed by atoms with Crippen LogP contribution in [0.4, 0.5) is 11.4 Å². The fraction of sp³-hybridized carbons (Fsp3) is 0.462. The summed E-state index contributed by atoms with van der Waals surface area (Å²) in [4.78, 5) is 22.0. The quantitative estimate of drug-likeness (QED) is 0.451. The number of carbonyl (C=O) groups is 1. The van der Waals surface area contributed by atoms with Crippen LogP contribution in [0.2, 0.25) is 0 Å². The zero-order valence-electron chi connectivity index (χ0n) is 11.8. The first-order valence-corrected chi connectivity index (χ1v) is 6.31. The Hall–Kier alpha value is -2.15. The van der Waals surface area contributed by atoms with Gasteiger partial charge in [0.05, 0.1) is 17.6 Å². The molecule has 0 saturated heterocycles. The maximum absolute atomic E-state index is 11.5. The van der Waals surface area contributed by atoms with E-state index in [1.54, 1.807) is 0 Å². The van der Waals surface area contributed by atoms with Crippen LogP contribution in [0, 0.1) is 10.1 Å². The lowest BCUT2D eigenvalue weighted by Gasteiger charge is -2.10. The van der Waals surface area contributed by atoms with Gasteiger partial charge in [-0.15, -0.1) is 0 Å². The van der Waals surface area contributed by atoms with Gasteiger partial charge in [0.15, 0.2) is 0 Å². The molecule has 0 saturated carbocycles. The highest BCUT2D eigenvalue weighted by Crippen LogP contribution is 2.25. The van der Waals surface area contributed by atoms with Gasteiger partial charge in [0.1, 0.15) is 5.69 Å². The van der Waals surface area contributed by atoms with Crippen molar-refractivity contribution in [2.24, 2.45) is 0 Å². The highest BCUT2D eigenvalue weighted by Gasteiger charge is 2.16. The summed E-state index contributed by atoms with van der Waals surface area (Å²) in [5.74, 6) is -0.290. The van der Waals surface area contributed by atoms with E-state index in [1.165, 1.54) is 25.2 Å². The molecule has 0 aliphatic carbocycles. The molecule has 20 heavy (non-hydrogen) atoms. The van der Waals surface area contributed by atoms with Gasteiger partial charge in [0, 0.05) is 25.2 Å². The summed E-state index contributed by atoms with van der Waals surface area (Å²) in [6.45, 7) is 4.68. The molecule has 0 heterocycles. The first kappa shape index (κ1) is 15.9. The highest BCUT2D eigenvalue weighted by atomic mass is 16.6. The van der Waals surface area contributed by atoms with Crippen molar-refractivity contribution >= 4 is 17.3 Å². The third-order valence-electron chi connectivity index (χ3n) is 2.55. The Labute approximate surface area is 117 Å². The van der Waals surface area contributed by atoms with Gasteiger partial charge in [0.2, 0.25) is 0 Å². The third-order valence-corrected chi connectivity index (χ3v) is 2.55. The average molecular weight is 281 g/mol. The van der Waals surface area contributed by atoms with Crippen LogP contribution in [0.25, 0.3) is 0 Å². The van der Waals surface area contributed by atoms with Gasteiger partial charge < -0.3 is 15.4 Å². The van der Waals surface area contributed by atoms with Crippen LogP contribution in [0.5, 0.6) is 0 Å². The van der Waals surface area contributed by atoms with Gasteiger partial charge in [-0.05, 0) is 26.0 Å². The molecule has 0 aliphatic rings. The molecule has 0 atom stereocenters. The summed E-state index contributed by atoms with van der Waals surface area (Å²) in [6, 6.07) is 4.20. The molecule has 0 aliphatic heterocycles. The average Bonchev–Trinajstić information content (AvgIpc) is 2.42. The molecule has 1 aromatic carbocycles. The number of nitro groups is 1. The van der Waals surface area contributed by atoms with Gasteiger partial charge in [0.25, 0.3) is 11.6 Å². The first-order valence-electron chi connectivity index (χ1n) is 6.31. The summed E-state index contributed by atoms with van der Waals surface area (Å²) < 4.78 is 5.35. The Morgan fingerprint density at radius 3 is 2.70 bits per heavy atom. The third kappa shape index (κ3) is 4.51. The summed E-state index contributed by atoms with van der Waals surface area (Å²) in [5, 5.41) is 16.3. The Balaban J connectivity index is 2.83. The Morgan fingerprint density at radius 2 is 2.15 bits per heavy atom. The summed E-state index contributed by atoms with van der Waals surface area (Å²) in [5.41, 5.74) is 0.607. The minimum Gasteiger partial charge on any atom is -0.377 e. The number of benzene rings is 1. The second kappa shape index (κ2) is 7.44. The molecule has 0 spiro atoms. The number of ether oxygens (including phenoxy) is 1. The number of nitrogens with one attached hydrogen (secondary N) is 2. The summed E-state index contributed by atoms with van der Waals surface area (Å²) in [7, 11) is 1.51. The minimum atomic E-state index is -0.487. The van der Waals surface area contributed by atoms with Crippen molar-refractivity contribution in [3.05, 3.63) is 33.9 Å².